The fourth-order valence-corrected chi connectivity index (χ4v) is 10.7. The average molecular weight is 565 g/mol. The molecule has 1 fully saturated rings. The normalized spacial score (nSPS) is 21.0. The van der Waals surface area contributed by atoms with Gasteiger partial charge in [-0.15, -0.1) is 0 Å². The molecule has 0 aliphatic carbocycles. The Bertz CT molecular complexity index is 1330. The average Bonchev–Trinajstić information content (AvgIpc) is 3.35. The maximum absolute atomic E-state index is 12.7. The monoisotopic (exact) mass is 564 g/mol. The molecule has 4 aromatic carbocycles. The zero-order valence-electron chi connectivity index (χ0n) is 24.2. The lowest BCUT2D eigenvalue weighted by atomic mass is 9.92. The van der Waals surface area contributed by atoms with Gasteiger partial charge in [0, 0.05) is 12.8 Å². The molecule has 5 rings (SSSR count). The summed E-state index contributed by atoms with van der Waals surface area (Å²) in [6.07, 6.45) is 1.27. The van der Waals surface area contributed by atoms with Gasteiger partial charge in [0.15, 0.2) is 6.29 Å². The largest absolute Gasteiger partial charge is 0.405 e. The summed E-state index contributed by atoms with van der Waals surface area (Å²) in [5.41, 5.74) is 1.18. The van der Waals surface area contributed by atoms with Crippen molar-refractivity contribution in [1.82, 2.24) is 0 Å². The zero-order chi connectivity index (χ0) is 28.8. The minimum Gasteiger partial charge on any atom is -0.405 e. The van der Waals surface area contributed by atoms with Crippen LogP contribution in [0.1, 0.15) is 38.3 Å². The minimum atomic E-state index is -2.79. The van der Waals surface area contributed by atoms with Gasteiger partial charge in [-0.1, -0.05) is 142 Å². The Kier molecular flexibility index (Phi) is 9.00. The number of benzene rings is 4. The van der Waals surface area contributed by atoms with E-state index in [1.54, 1.807) is 0 Å². The highest BCUT2D eigenvalue weighted by Gasteiger charge is 2.53. The summed E-state index contributed by atoms with van der Waals surface area (Å²) in [6, 6.07) is 41.4. The van der Waals surface area contributed by atoms with E-state index in [4.69, 9.17) is 13.9 Å². The summed E-state index contributed by atoms with van der Waals surface area (Å²) in [5.74, 6) is 0. The molecule has 4 aromatic rings. The minimum absolute atomic E-state index is 0.166. The number of carbonyl (C=O) groups is 1. The fraction of sp³-hybridized carbons (Fsp3) is 0.306. The molecule has 41 heavy (non-hydrogen) atoms. The van der Waals surface area contributed by atoms with Crippen LogP contribution in [0.2, 0.25) is 5.04 Å². The third-order valence-electron chi connectivity index (χ3n) is 8.10. The Labute approximate surface area is 245 Å². The molecule has 1 saturated heterocycles. The summed E-state index contributed by atoms with van der Waals surface area (Å²) < 4.78 is 20.4. The first-order valence-corrected chi connectivity index (χ1v) is 16.3. The predicted octanol–water partition coefficient (Wildman–Crippen LogP) is 6.12. The highest BCUT2D eigenvalue weighted by atomic mass is 28.4. The second kappa shape index (κ2) is 12.7. The predicted molar refractivity (Wildman–Crippen MR) is 167 cm³/mol. The van der Waals surface area contributed by atoms with Crippen LogP contribution < -0.4 is 10.4 Å². The van der Waals surface area contributed by atoms with Crippen LogP contribution in [0.4, 0.5) is 0 Å². The van der Waals surface area contributed by atoms with Crippen molar-refractivity contribution in [1.29, 1.82) is 0 Å². The maximum Gasteiger partial charge on any atom is 0.261 e. The van der Waals surface area contributed by atoms with Gasteiger partial charge in [0.1, 0.15) is 11.7 Å². The van der Waals surface area contributed by atoms with Gasteiger partial charge in [0.25, 0.3) is 8.32 Å². The van der Waals surface area contributed by atoms with Crippen molar-refractivity contribution in [2.24, 2.45) is 0 Å². The SMILES string of the molecule is CC(C)(C)[Si](OC[C@H]1O[C@](C=O)(Cc2ccccc2)C[C@H]1OCc1ccccc1)(c1ccccc1)c1ccccc1. The second-order valence-electron chi connectivity index (χ2n) is 12.0. The summed E-state index contributed by atoms with van der Waals surface area (Å²) in [6.45, 7) is 7.58. The third-order valence-corrected chi connectivity index (χ3v) is 13.1. The number of hydrogen-bond acceptors (Lipinski definition) is 4. The number of hydrogen-bond donors (Lipinski definition) is 0. The van der Waals surface area contributed by atoms with Crippen molar-refractivity contribution >= 4 is 25.0 Å². The van der Waals surface area contributed by atoms with Gasteiger partial charge in [-0.2, -0.15) is 0 Å². The lowest BCUT2D eigenvalue weighted by Crippen LogP contribution is -2.67. The Balaban J connectivity index is 1.47. The molecule has 1 aliphatic rings. The van der Waals surface area contributed by atoms with Gasteiger partial charge >= 0.3 is 0 Å². The van der Waals surface area contributed by atoms with Crippen LogP contribution in [0.5, 0.6) is 0 Å². The van der Waals surface area contributed by atoms with Gasteiger partial charge in [-0.25, -0.2) is 0 Å². The van der Waals surface area contributed by atoms with Crippen LogP contribution in [0.3, 0.4) is 0 Å². The number of aldehydes is 1. The highest BCUT2D eigenvalue weighted by molar-refractivity contribution is 6.99. The van der Waals surface area contributed by atoms with E-state index in [9.17, 15) is 4.79 Å². The van der Waals surface area contributed by atoms with Gasteiger partial charge in [0.05, 0.1) is 19.3 Å². The van der Waals surface area contributed by atoms with E-state index >= 15 is 0 Å². The topological polar surface area (TPSA) is 44.8 Å². The standard InChI is InChI=1S/C36H40O4Si/c1-35(2,3)41(31-20-12-6-13-21-31,32-22-14-7-15-23-32)39-27-34-33(38-26-30-18-10-5-11-19-30)25-36(28-37,40-34)24-29-16-8-4-9-17-29/h4-23,28,33-34H,24-27H2,1-3H3/t33-,34-,36-/m1/s1. The molecule has 1 heterocycles. The van der Waals surface area contributed by atoms with Crippen molar-refractivity contribution in [3.05, 3.63) is 132 Å². The van der Waals surface area contributed by atoms with Gasteiger partial charge < -0.3 is 18.7 Å². The van der Waals surface area contributed by atoms with Crippen molar-refractivity contribution in [2.75, 3.05) is 6.61 Å². The Hall–Kier alpha value is -3.35. The smallest absolute Gasteiger partial charge is 0.261 e. The molecule has 0 aromatic heterocycles. The quantitative estimate of drug-likeness (QED) is 0.163. The third kappa shape index (κ3) is 6.44. The molecule has 212 valence electrons. The summed E-state index contributed by atoms with van der Waals surface area (Å²) in [4.78, 5) is 12.7. The first-order valence-electron chi connectivity index (χ1n) is 14.4. The zero-order valence-corrected chi connectivity index (χ0v) is 25.2. The Morgan fingerprint density at radius 3 is 1.76 bits per heavy atom. The number of rotatable bonds is 11. The highest BCUT2D eigenvalue weighted by Crippen LogP contribution is 2.39. The molecule has 0 saturated carbocycles. The molecule has 1 aliphatic heterocycles. The van der Waals surface area contributed by atoms with Crippen molar-refractivity contribution in [3.8, 4) is 0 Å². The van der Waals surface area contributed by atoms with E-state index in [1.807, 2.05) is 60.7 Å². The van der Waals surface area contributed by atoms with Gasteiger partial charge in [-0.05, 0) is 26.5 Å². The molecule has 4 nitrogen and oxygen atoms in total. The Morgan fingerprint density at radius 1 is 0.780 bits per heavy atom. The van der Waals surface area contributed by atoms with Crippen molar-refractivity contribution in [2.45, 2.75) is 63.1 Å². The summed E-state index contributed by atoms with van der Waals surface area (Å²) >= 11 is 0. The van der Waals surface area contributed by atoms with E-state index < -0.39 is 20.0 Å². The van der Waals surface area contributed by atoms with E-state index in [1.165, 1.54) is 10.4 Å². The lowest BCUT2D eigenvalue weighted by Gasteiger charge is -2.43. The van der Waals surface area contributed by atoms with Gasteiger partial charge in [-0.3, -0.25) is 0 Å². The van der Waals surface area contributed by atoms with Gasteiger partial charge in [0.2, 0.25) is 0 Å². The number of ether oxygens (including phenoxy) is 2. The lowest BCUT2D eigenvalue weighted by molar-refractivity contribution is -0.132. The van der Waals surface area contributed by atoms with E-state index in [0.717, 1.165) is 17.4 Å². The van der Waals surface area contributed by atoms with Crippen LogP contribution in [0, 0.1) is 0 Å². The molecule has 0 radical (unpaired) electrons. The molecule has 0 spiro atoms. The van der Waals surface area contributed by atoms with Crippen LogP contribution in [0.25, 0.3) is 0 Å². The molecule has 0 amide bonds. The first-order chi connectivity index (χ1) is 19.9. The molecule has 0 N–H and O–H groups in total. The van der Waals surface area contributed by atoms with E-state index in [0.29, 0.717) is 26.1 Å². The molecule has 3 atom stereocenters. The van der Waals surface area contributed by atoms with Crippen LogP contribution in [-0.2, 0) is 31.7 Å². The van der Waals surface area contributed by atoms with E-state index in [2.05, 4.69) is 81.4 Å². The maximum atomic E-state index is 12.7. The summed E-state index contributed by atoms with van der Waals surface area (Å²) in [5, 5.41) is 2.26. The van der Waals surface area contributed by atoms with Crippen molar-refractivity contribution < 1.29 is 18.7 Å². The first kappa shape index (κ1) is 29.1. The number of carbonyl (C=O) groups excluding carboxylic acids is 1. The molecule has 0 bridgehead atoms. The van der Waals surface area contributed by atoms with Crippen LogP contribution in [0.15, 0.2) is 121 Å². The molecular formula is C36H40O4Si. The summed E-state index contributed by atoms with van der Waals surface area (Å²) in [7, 11) is -2.79. The fourth-order valence-electron chi connectivity index (χ4n) is 6.12. The van der Waals surface area contributed by atoms with Crippen LogP contribution >= 0.6 is 0 Å². The van der Waals surface area contributed by atoms with Crippen LogP contribution in [-0.4, -0.2) is 39.0 Å². The Morgan fingerprint density at radius 2 is 1.27 bits per heavy atom. The molecule has 5 heteroatoms. The van der Waals surface area contributed by atoms with Crippen molar-refractivity contribution in [3.63, 3.8) is 0 Å². The van der Waals surface area contributed by atoms with E-state index in [-0.39, 0.29) is 11.1 Å². The molecule has 0 unspecified atom stereocenters. The second-order valence-corrected chi connectivity index (χ2v) is 16.3. The molecular weight excluding hydrogens is 524 g/mol.